The van der Waals surface area contributed by atoms with Gasteiger partial charge in [0, 0.05) is 27.4 Å². The van der Waals surface area contributed by atoms with Gasteiger partial charge in [0.1, 0.15) is 33.5 Å². The van der Waals surface area contributed by atoms with Crippen molar-refractivity contribution in [2.45, 2.75) is 35.5 Å². The zero-order chi connectivity index (χ0) is 47.0. The summed E-state index contributed by atoms with van der Waals surface area (Å²) in [6.07, 6.45) is 0. The van der Waals surface area contributed by atoms with Crippen molar-refractivity contribution in [3.05, 3.63) is 120 Å². The summed E-state index contributed by atoms with van der Waals surface area (Å²) in [7, 11) is -3.20. The van der Waals surface area contributed by atoms with E-state index in [1.54, 1.807) is 85.8 Å². The molecule has 0 aliphatic rings. The Morgan fingerprint density at radius 3 is 1.94 bits per heavy atom. The lowest BCUT2D eigenvalue weighted by molar-refractivity contribution is -0.432. The van der Waals surface area contributed by atoms with Crippen molar-refractivity contribution in [3.63, 3.8) is 0 Å². The number of nitrogens with zero attached hydrogens (tertiary/aromatic N) is 6. The van der Waals surface area contributed by atoms with Crippen molar-refractivity contribution in [1.29, 1.82) is 0 Å². The van der Waals surface area contributed by atoms with Crippen LogP contribution >= 0.6 is 24.1 Å². The zero-order valence-corrected chi connectivity index (χ0v) is 37.4. The van der Waals surface area contributed by atoms with Crippen LogP contribution in [-0.4, -0.2) is 47.5 Å². The highest BCUT2D eigenvalue weighted by Crippen LogP contribution is 2.46. The van der Waals surface area contributed by atoms with Crippen LogP contribution in [0.1, 0.15) is 16.7 Å². The quantitative estimate of drug-likeness (QED) is 0.0116. The third-order valence-corrected chi connectivity index (χ3v) is 11.7. The molecule has 0 unspecified atom stereocenters. The second-order valence-corrected chi connectivity index (χ2v) is 17.0. The van der Waals surface area contributed by atoms with Gasteiger partial charge in [0.15, 0.2) is 12.5 Å². The number of ether oxygens (including phenoxy) is 2. The number of nitrogens with one attached hydrogen (secondary N) is 1. The van der Waals surface area contributed by atoms with Gasteiger partial charge < -0.3 is 25.0 Å². The van der Waals surface area contributed by atoms with Crippen LogP contribution in [0.25, 0.3) is 21.5 Å². The van der Waals surface area contributed by atoms with Crippen LogP contribution in [0.2, 0.25) is 0 Å². The second kappa shape index (κ2) is 21.0. The number of rotatable bonds is 18. The SMILES string of the molecule is COc1cc(N=Nc2cc(C)c(N=Nc3ccc4cc(SOOO)cc(S(=O)(=O)O)c4c3)cc2C)c(C)cc1N=Nc1c(SOOO)cc2cc(NCOc3ccc(O)cc3)ccc2c1O. The molecule has 0 atom stereocenters. The van der Waals surface area contributed by atoms with Crippen molar-refractivity contribution in [2.75, 3.05) is 19.2 Å². The van der Waals surface area contributed by atoms with Crippen LogP contribution in [0.4, 0.5) is 39.8 Å². The van der Waals surface area contributed by atoms with Crippen molar-refractivity contribution in [3.8, 4) is 23.0 Å². The molecule has 7 aromatic rings. The Morgan fingerprint density at radius 1 is 0.636 bits per heavy atom. The molecule has 6 N–H and O–H groups in total. The molecule has 340 valence electrons. The minimum Gasteiger partial charge on any atom is -0.508 e. The van der Waals surface area contributed by atoms with Gasteiger partial charge in [-0.2, -0.15) is 28.9 Å². The summed E-state index contributed by atoms with van der Waals surface area (Å²) in [5.41, 5.74) is 4.99. The molecule has 0 amide bonds. The lowest BCUT2D eigenvalue weighted by Gasteiger charge is -2.12. The lowest BCUT2D eigenvalue weighted by atomic mass is 10.1. The number of fused-ring (bicyclic) bond motifs is 2. The number of benzene rings is 7. The van der Waals surface area contributed by atoms with E-state index >= 15 is 0 Å². The predicted octanol–water partition coefficient (Wildman–Crippen LogP) is 13.1. The molecule has 20 nitrogen and oxygen atoms in total. The largest absolute Gasteiger partial charge is 0.508 e. The van der Waals surface area contributed by atoms with Gasteiger partial charge in [0.2, 0.25) is 0 Å². The molecular formula is C43H37N7O13S3. The van der Waals surface area contributed by atoms with Gasteiger partial charge in [-0.15, -0.1) is 18.9 Å². The van der Waals surface area contributed by atoms with E-state index in [0.717, 1.165) is 11.1 Å². The minimum atomic E-state index is -4.66. The van der Waals surface area contributed by atoms with Gasteiger partial charge in [0.05, 0.1) is 58.8 Å². The molecule has 0 heterocycles. The highest BCUT2D eigenvalue weighted by Gasteiger charge is 2.19. The van der Waals surface area contributed by atoms with Crippen LogP contribution in [-0.2, 0) is 28.9 Å². The number of hydrogen-bond donors (Lipinski definition) is 6. The number of phenolic OH excluding ortho intramolecular Hbond substituents is 2. The van der Waals surface area contributed by atoms with E-state index in [9.17, 15) is 23.2 Å². The number of hydrogen-bond acceptors (Lipinski definition) is 21. The van der Waals surface area contributed by atoms with E-state index < -0.39 is 15.0 Å². The molecule has 0 aromatic heterocycles. The van der Waals surface area contributed by atoms with Crippen molar-refractivity contribution < 1.29 is 61.9 Å². The van der Waals surface area contributed by atoms with Gasteiger partial charge >= 0.3 is 0 Å². The van der Waals surface area contributed by atoms with Crippen LogP contribution in [0.15, 0.2) is 149 Å². The molecule has 0 bridgehead atoms. The number of aromatic hydroxyl groups is 2. The van der Waals surface area contributed by atoms with Crippen LogP contribution in [0.3, 0.4) is 0 Å². The summed E-state index contributed by atoms with van der Waals surface area (Å²) < 4.78 is 54.8. The summed E-state index contributed by atoms with van der Waals surface area (Å²) in [6.45, 7) is 5.58. The maximum Gasteiger partial charge on any atom is 0.295 e. The number of methoxy groups -OCH3 is 1. The lowest BCUT2D eigenvalue weighted by Crippen LogP contribution is -2.08. The molecule has 0 aliphatic carbocycles. The first-order valence-corrected chi connectivity index (χ1v) is 22.0. The zero-order valence-electron chi connectivity index (χ0n) is 34.9. The number of azo groups is 3. The third-order valence-electron chi connectivity index (χ3n) is 9.68. The molecule has 0 spiro atoms. The maximum absolute atomic E-state index is 12.2. The summed E-state index contributed by atoms with van der Waals surface area (Å²) >= 11 is 1.15. The molecule has 0 aliphatic heterocycles. The minimum absolute atomic E-state index is 0.0255. The van der Waals surface area contributed by atoms with Crippen molar-refractivity contribution in [1.82, 2.24) is 0 Å². The van der Waals surface area contributed by atoms with Gasteiger partial charge in [-0.05, 0) is 139 Å². The van der Waals surface area contributed by atoms with E-state index in [1.807, 2.05) is 13.8 Å². The Labute approximate surface area is 384 Å². The normalized spacial score (nSPS) is 12.0. The van der Waals surface area contributed by atoms with Gasteiger partial charge in [-0.25, -0.2) is 10.5 Å². The fraction of sp³-hybridized carbons (Fsp3) is 0.116. The summed E-state index contributed by atoms with van der Waals surface area (Å²) in [4.78, 5) is 0.105. The molecule has 7 rings (SSSR count). The molecule has 0 saturated carbocycles. The smallest absolute Gasteiger partial charge is 0.295 e. The summed E-state index contributed by atoms with van der Waals surface area (Å²) in [6, 6.07) is 27.5. The first-order chi connectivity index (χ1) is 31.7. The molecule has 66 heavy (non-hydrogen) atoms. The van der Waals surface area contributed by atoms with Gasteiger partial charge in [-0.1, -0.05) is 16.1 Å². The summed E-state index contributed by atoms with van der Waals surface area (Å²) in [5, 5.41) is 76.9. The Hall–Kier alpha value is -6.77. The van der Waals surface area contributed by atoms with Crippen molar-refractivity contribution in [2.24, 2.45) is 30.7 Å². The van der Waals surface area contributed by atoms with Gasteiger partial charge in [-0.3, -0.25) is 4.55 Å². The summed E-state index contributed by atoms with van der Waals surface area (Å²) in [5.74, 6) is 0.769. The van der Waals surface area contributed by atoms with E-state index in [4.69, 9.17) is 24.3 Å². The number of anilines is 1. The molecule has 23 heteroatoms. The third kappa shape index (κ3) is 11.4. The highest BCUT2D eigenvalue weighted by molar-refractivity contribution is 7.95. The maximum atomic E-state index is 12.2. The molecule has 0 radical (unpaired) electrons. The van der Waals surface area contributed by atoms with E-state index in [2.05, 4.69) is 50.4 Å². The molecule has 7 aromatic carbocycles. The standard InChI is InChI=1S/C43H37N7O13S3/c1-23-14-36(24(2)13-35(23)46-45-29-6-5-26-17-32(64-62-60-53)20-41(34(26)19-29)66(55,56)57)47-48-37-21-39(58-4)38(15-25(37)3)49-50-42-40(65-63-61-54)18-27-16-28(7-12-33(27)43(42)52)44-22-59-31-10-8-30(51)9-11-31/h5-21,44,51-54H,22H2,1-4H3,(H,55,56,57). The second-order valence-electron chi connectivity index (χ2n) is 14.1. The fourth-order valence-electron chi connectivity index (χ4n) is 6.42. The first-order valence-electron chi connectivity index (χ1n) is 19.1. The first kappa shape index (κ1) is 47.2. The van der Waals surface area contributed by atoms with Crippen LogP contribution in [0, 0.1) is 20.8 Å². The topological polar surface area (TPSA) is 277 Å². The van der Waals surface area contributed by atoms with Gasteiger partial charge in [0.25, 0.3) is 10.1 Å². The van der Waals surface area contributed by atoms with E-state index in [1.165, 1.54) is 31.4 Å². The average Bonchev–Trinajstić information content (AvgIpc) is 3.29. The number of aryl methyl sites for hydroxylation is 3. The van der Waals surface area contributed by atoms with Crippen LogP contribution < -0.4 is 14.8 Å². The Kier molecular flexibility index (Phi) is 15.0. The molecule has 0 saturated heterocycles. The predicted molar refractivity (Wildman–Crippen MR) is 244 cm³/mol. The average molecular weight is 956 g/mol. The van der Waals surface area contributed by atoms with E-state index in [0.29, 0.717) is 91.4 Å². The monoisotopic (exact) mass is 955 g/mol. The highest BCUT2D eigenvalue weighted by atomic mass is 32.2. The Balaban J connectivity index is 1.09. The molecule has 0 fully saturated rings. The molecular weight excluding hydrogens is 919 g/mol. The van der Waals surface area contributed by atoms with Crippen LogP contribution in [0.5, 0.6) is 23.0 Å². The van der Waals surface area contributed by atoms with E-state index in [-0.39, 0.29) is 39.1 Å². The number of phenols is 2. The van der Waals surface area contributed by atoms with Crippen molar-refractivity contribution >= 4 is 95.6 Å². The fourth-order valence-corrected chi connectivity index (χ4v) is 8.17. The Bertz CT molecular complexity index is 3140. The Morgan fingerprint density at radius 2 is 1.27 bits per heavy atom.